The van der Waals surface area contributed by atoms with Crippen LogP contribution in [0.25, 0.3) is 0 Å². The van der Waals surface area contributed by atoms with Crippen molar-refractivity contribution >= 4 is 17.6 Å². The van der Waals surface area contributed by atoms with Gasteiger partial charge in [-0.25, -0.2) is 0 Å². The van der Waals surface area contributed by atoms with Crippen LogP contribution in [0.4, 0.5) is 17.6 Å². The highest BCUT2D eigenvalue weighted by Crippen LogP contribution is 2.18. The van der Waals surface area contributed by atoms with Gasteiger partial charge in [0, 0.05) is 38.8 Å². The Labute approximate surface area is 115 Å². The van der Waals surface area contributed by atoms with Gasteiger partial charge in [0.05, 0.1) is 0 Å². The van der Waals surface area contributed by atoms with E-state index in [9.17, 15) is 0 Å². The van der Waals surface area contributed by atoms with Crippen molar-refractivity contribution in [2.24, 2.45) is 0 Å². The van der Waals surface area contributed by atoms with Gasteiger partial charge in [-0.15, -0.1) is 0 Å². The van der Waals surface area contributed by atoms with Crippen molar-refractivity contribution in [3.63, 3.8) is 0 Å². The Morgan fingerprint density at radius 3 is 2.58 bits per heavy atom. The van der Waals surface area contributed by atoms with Crippen molar-refractivity contribution in [3.8, 4) is 0 Å². The number of hydrogen-bond acceptors (Lipinski definition) is 6. The first-order chi connectivity index (χ1) is 9.22. The van der Waals surface area contributed by atoms with Gasteiger partial charge in [0.15, 0.2) is 0 Å². The summed E-state index contributed by atoms with van der Waals surface area (Å²) in [6.45, 7) is 10.5. The van der Waals surface area contributed by atoms with Crippen LogP contribution in [0.5, 0.6) is 0 Å². The first-order valence-electron chi connectivity index (χ1n) is 7.08. The standard InChI is InChI=1S/C13H24N6/c1-3-5-18-6-8-19(9-7-18)12-10-11(15-4-2)16-13(14)17-12/h10H,3-9H2,1-2H3,(H3,14,15,16,17). The van der Waals surface area contributed by atoms with E-state index < -0.39 is 0 Å². The second kappa shape index (κ2) is 6.56. The Balaban J connectivity index is 2.02. The molecule has 6 heteroatoms. The van der Waals surface area contributed by atoms with E-state index in [-0.39, 0.29) is 0 Å². The van der Waals surface area contributed by atoms with Crippen LogP contribution in [-0.4, -0.2) is 54.1 Å². The lowest BCUT2D eigenvalue weighted by molar-refractivity contribution is 0.258. The lowest BCUT2D eigenvalue weighted by Crippen LogP contribution is -2.46. The van der Waals surface area contributed by atoms with Crippen LogP contribution in [0.2, 0.25) is 0 Å². The van der Waals surface area contributed by atoms with Crippen molar-refractivity contribution < 1.29 is 0 Å². The molecule has 0 spiro atoms. The molecule has 1 aliphatic heterocycles. The monoisotopic (exact) mass is 264 g/mol. The number of nitrogen functional groups attached to an aromatic ring is 1. The maximum absolute atomic E-state index is 5.77. The molecule has 19 heavy (non-hydrogen) atoms. The van der Waals surface area contributed by atoms with E-state index >= 15 is 0 Å². The average molecular weight is 264 g/mol. The van der Waals surface area contributed by atoms with Crippen LogP contribution in [0.1, 0.15) is 20.3 Å². The van der Waals surface area contributed by atoms with E-state index in [0.29, 0.717) is 5.95 Å². The zero-order valence-electron chi connectivity index (χ0n) is 11.9. The summed E-state index contributed by atoms with van der Waals surface area (Å²) in [6.07, 6.45) is 1.21. The molecule has 0 bridgehead atoms. The van der Waals surface area contributed by atoms with Crippen molar-refractivity contribution in [1.82, 2.24) is 14.9 Å². The number of hydrogen-bond donors (Lipinski definition) is 2. The Morgan fingerprint density at radius 1 is 1.21 bits per heavy atom. The fourth-order valence-electron chi connectivity index (χ4n) is 2.40. The predicted molar refractivity (Wildman–Crippen MR) is 79.6 cm³/mol. The number of aromatic nitrogens is 2. The minimum Gasteiger partial charge on any atom is -0.370 e. The Bertz CT molecular complexity index is 400. The van der Waals surface area contributed by atoms with Crippen LogP contribution >= 0.6 is 0 Å². The zero-order chi connectivity index (χ0) is 13.7. The Morgan fingerprint density at radius 2 is 1.95 bits per heavy atom. The third-order valence-electron chi connectivity index (χ3n) is 3.32. The molecule has 2 rings (SSSR count). The topological polar surface area (TPSA) is 70.3 Å². The van der Waals surface area contributed by atoms with Gasteiger partial charge in [-0.05, 0) is 19.9 Å². The molecule has 1 aliphatic rings. The Hall–Kier alpha value is -1.56. The first-order valence-corrected chi connectivity index (χ1v) is 7.08. The Kier molecular flexibility index (Phi) is 4.79. The minimum absolute atomic E-state index is 0.337. The molecule has 0 saturated carbocycles. The van der Waals surface area contributed by atoms with Gasteiger partial charge < -0.3 is 16.0 Å². The third kappa shape index (κ3) is 3.70. The van der Waals surface area contributed by atoms with Gasteiger partial charge in [-0.1, -0.05) is 6.92 Å². The lowest BCUT2D eigenvalue weighted by atomic mass is 10.3. The molecule has 0 amide bonds. The van der Waals surface area contributed by atoms with Gasteiger partial charge in [-0.3, -0.25) is 4.90 Å². The molecule has 1 aromatic heterocycles. The molecular formula is C13H24N6. The van der Waals surface area contributed by atoms with Gasteiger partial charge in [0.25, 0.3) is 0 Å². The van der Waals surface area contributed by atoms with E-state index in [1.54, 1.807) is 0 Å². The van der Waals surface area contributed by atoms with Crippen LogP contribution in [0.3, 0.4) is 0 Å². The number of nitrogens with two attached hydrogens (primary N) is 1. The van der Waals surface area contributed by atoms with Crippen molar-refractivity contribution in [2.75, 3.05) is 55.2 Å². The smallest absolute Gasteiger partial charge is 0.223 e. The highest BCUT2D eigenvalue weighted by Gasteiger charge is 2.18. The molecule has 1 saturated heterocycles. The summed E-state index contributed by atoms with van der Waals surface area (Å²) in [5.41, 5.74) is 5.77. The largest absolute Gasteiger partial charge is 0.370 e. The highest BCUT2D eigenvalue weighted by molar-refractivity contribution is 5.52. The van der Waals surface area contributed by atoms with E-state index in [2.05, 4.69) is 32.0 Å². The quantitative estimate of drug-likeness (QED) is 0.827. The number of anilines is 3. The van der Waals surface area contributed by atoms with Crippen molar-refractivity contribution in [3.05, 3.63) is 6.07 Å². The molecule has 0 radical (unpaired) electrons. The zero-order valence-corrected chi connectivity index (χ0v) is 11.9. The number of piperazine rings is 1. The van der Waals surface area contributed by atoms with Gasteiger partial charge in [-0.2, -0.15) is 9.97 Å². The number of nitrogens with one attached hydrogen (secondary N) is 1. The van der Waals surface area contributed by atoms with Crippen LogP contribution in [-0.2, 0) is 0 Å². The van der Waals surface area contributed by atoms with E-state index in [1.807, 2.05) is 13.0 Å². The molecule has 0 unspecified atom stereocenters. The van der Waals surface area contributed by atoms with Gasteiger partial charge >= 0.3 is 0 Å². The summed E-state index contributed by atoms with van der Waals surface area (Å²) < 4.78 is 0. The second-order valence-electron chi connectivity index (χ2n) is 4.83. The maximum atomic E-state index is 5.77. The molecular weight excluding hydrogens is 240 g/mol. The molecule has 0 aliphatic carbocycles. The molecule has 2 heterocycles. The fourth-order valence-corrected chi connectivity index (χ4v) is 2.40. The van der Waals surface area contributed by atoms with Crippen LogP contribution < -0.4 is 16.0 Å². The summed E-state index contributed by atoms with van der Waals surface area (Å²) in [5.74, 6) is 2.07. The molecule has 0 atom stereocenters. The summed E-state index contributed by atoms with van der Waals surface area (Å²) in [6, 6.07) is 1.98. The molecule has 3 N–H and O–H groups in total. The van der Waals surface area contributed by atoms with Crippen molar-refractivity contribution in [2.45, 2.75) is 20.3 Å². The average Bonchev–Trinajstić information content (AvgIpc) is 2.40. The summed E-state index contributed by atoms with van der Waals surface area (Å²) in [5, 5.41) is 3.19. The number of nitrogens with zero attached hydrogens (tertiary/aromatic N) is 4. The van der Waals surface area contributed by atoms with Crippen molar-refractivity contribution in [1.29, 1.82) is 0 Å². The van der Waals surface area contributed by atoms with Crippen LogP contribution in [0, 0.1) is 0 Å². The minimum atomic E-state index is 0.337. The molecule has 1 fully saturated rings. The van der Waals surface area contributed by atoms with Crippen LogP contribution in [0.15, 0.2) is 6.07 Å². The summed E-state index contributed by atoms with van der Waals surface area (Å²) >= 11 is 0. The summed E-state index contributed by atoms with van der Waals surface area (Å²) in [4.78, 5) is 13.3. The SMILES string of the molecule is CCCN1CCN(c2cc(NCC)nc(N)n2)CC1. The molecule has 1 aromatic rings. The van der Waals surface area contributed by atoms with E-state index in [0.717, 1.165) is 44.4 Å². The number of rotatable bonds is 5. The summed E-state index contributed by atoms with van der Waals surface area (Å²) in [7, 11) is 0. The second-order valence-corrected chi connectivity index (χ2v) is 4.83. The molecule has 6 nitrogen and oxygen atoms in total. The van der Waals surface area contributed by atoms with Gasteiger partial charge in [0.2, 0.25) is 5.95 Å². The normalized spacial score (nSPS) is 16.6. The first kappa shape index (κ1) is 13.9. The third-order valence-corrected chi connectivity index (χ3v) is 3.32. The fraction of sp³-hybridized carbons (Fsp3) is 0.692. The molecule has 106 valence electrons. The van der Waals surface area contributed by atoms with E-state index in [1.165, 1.54) is 13.0 Å². The molecule has 0 aromatic carbocycles. The maximum Gasteiger partial charge on any atom is 0.223 e. The van der Waals surface area contributed by atoms with E-state index in [4.69, 9.17) is 5.73 Å². The predicted octanol–water partition coefficient (Wildman–Crippen LogP) is 1.02. The lowest BCUT2D eigenvalue weighted by Gasteiger charge is -2.35. The highest BCUT2D eigenvalue weighted by atomic mass is 15.3. The van der Waals surface area contributed by atoms with Gasteiger partial charge in [0.1, 0.15) is 11.6 Å².